The zero-order valence-electron chi connectivity index (χ0n) is 9.02. The van der Waals surface area contributed by atoms with Gasteiger partial charge in [0, 0.05) is 6.08 Å². The van der Waals surface area contributed by atoms with Crippen molar-refractivity contribution in [2.24, 2.45) is 0 Å². The smallest absolute Gasteiger partial charge is 0.336 e. The fourth-order valence-electron chi connectivity index (χ4n) is 1.60. The second kappa shape index (κ2) is 4.61. The van der Waals surface area contributed by atoms with Gasteiger partial charge in [0.15, 0.2) is 0 Å². The molecule has 0 aliphatic carbocycles. The quantitative estimate of drug-likeness (QED) is 0.765. The second-order valence-electron chi connectivity index (χ2n) is 3.51. The Morgan fingerprint density at radius 3 is 2.00 bits per heavy atom. The Morgan fingerprint density at radius 1 is 1.12 bits per heavy atom. The molecule has 0 unspecified atom stereocenters. The molecule has 0 saturated heterocycles. The third-order valence-corrected chi connectivity index (χ3v) is 2.19. The molecule has 1 aromatic rings. The van der Waals surface area contributed by atoms with E-state index >= 15 is 0 Å². The summed E-state index contributed by atoms with van der Waals surface area (Å²) < 4.78 is 0. The number of benzene rings is 1. The lowest BCUT2D eigenvalue weighted by atomic mass is 9.99. The lowest BCUT2D eigenvalue weighted by molar-refractivity contribution is -0.131. The molecular weight excluding hydrogens is 208 g/mol. The molecule has 1 aromatic carbocycles. The number of carbonyl (C=O) groups is 2. The summed E-state index contributed by atoms with van der Waals surface area (Å²) in [6, 6.07) is 3.30. The van der Waals surface area contributed by atoms with Gasteiger partial charge in [-0.1, -0.05) is 12.1 Å². The van der Waals surface area contributed by atoms with Crippen molar-refractivity contribution in [3.8, 4) is 0 Å². The van der Waals surface area contributed by atoms with Crippen LogP contribution in [-0.4, -0.2) is 22.2 Å². The zero-order valence-corrected chi connectivity index (χ0v) is 9.02. The Kier molecular flexibility index (Phi) is 3.45. The summed E-state index contributed by atoms with van der Waals surface area (Å²) in [6.45, 7) is 3.38. The van der Waals surface area contributed by atoms with E-state index in [-0.39, 0.29) is 5.56 Å². The topological polar surface area (TPSA) is 74.6 Å². The average molecular weight is 220 g/mol. The van der Waals surface area contributed by atoms with Gasteiger partial charge in [0.05, 0.1) is 5.56 Å². The van der Waals surface area contributed by atoms with Crippen LogP contribution in [-0.2, 0) is 4.79 Å². The molecule has 0 saturated carbocycles. The van der Waals surface area contributed by atoms with Crippen LogP contribution >= 0.6 is 0 Å². The summed E-state index contributed by atoms with van der Waals surface area (Å²) in [6.07, 6.45) is 2.46. The first-order valence-electron chi connectivity index (χ1n) is 4.67. The lowest BCUT2D eigenvalue weighted by Gasteiger charge is -2.06. The molecule has 0 heterocycles. The summed E-state index contributed by atoms with van der Waals surface area (Å²) in [5.74, 6) is -2.00. The zero-order chi connectivity index (χ0) is 12.3. The Hall–Kier alpha value is -2.10. The Morgan fingerprint density at radius 2 is 1.62 bits per heavy atom. The van der Waals surface area contributed by atoms with E-state index in [0.29, 0.717) is 16.7 Å². The SMILES string of the molecule is Cc1cc(C=CC(=O)O)cc(C)c1C(=O)O. The summed E-state index contributed by atoms with van der Waals surface area (Å²) in [5, 5.41) is 17.4. The van der Waals surface area contributed by atoms with E-state index in [1.165, 1.54) is 6.08 Å². The molecule has 84 valence electrons. The molecule has 0 amide bonds. The third-order valence-electron chi connectivity index (χ3n) is 2.19. The third kappa shape index (κ3) is 2.70. The minimum Gasteiger partial charge on any atom is -0.478 e. The van der Waals surface area contributed by atoms with Crippen molar-refractivity contribution in [3.63, 3.8) is 0 Å². The number of carboxylic acids is 2. The van der Waals surface area contributed by atoms with E-state index in [0.717, 1.165) is 6.08 Å². The molecule has 0 bridgehead atoms. The highest BCUT2D eigenvalue weighted by Gasteiger charge is 2.10. The maximum atomic E-state index is 10.9. The van der Waals surface area contributed by atoms with Gasteiger partial charge in [0.1, 0.15) is 0 Å². The van der Waals surface area contributed by atoms with Gasteiger partial charge in [-0.25, -0.2) is 9.59 Å². The fraction of sp³-hybridized carbons (Fsp3) is 0.167. The number of hydrogen-bond donors (Lipinski definition) is 2. The lowest BCUT2D eigenvalue weighted by Crippen LogP contribution is -2.03. The molecule has 0 atom stereocenters. The summed E-state index contributed by atoms with van der Waals surface area (Å²) in [7, 11) is 0. The highest BCUT2D eigenvalue weighted by atomic mass is 16.4. The van der Waals surface area contributed by atoms with Gasteiger partial charge >= 0.3 is 11.9 Å². The molecule has 4 heteroatoms. The Labute approximate surface area is 92.8 Å². The largest absolute Gasteiger partial charge is 0.478 e. The number of carboxylic acid groups (broad SMARTS) is 2. The van der Waals surface area contributed by atoms with Crippen LogP contribution in [0.2, 0.25) is 0 Å². The molecule has 0 spiro atoms. The van der Waals surface area contributed by atoms with Crippen molar-refractivity contribution in [2.45, 2.75) is 13.8 Å². The Bertz CT molecular complexity index is 449. The number of aromatic carboxylic acids is 1. The van der Waals surface area contributed by atoms with Crippen LogP contribution < -0.4 is 0 Å². The molecule has 4 nitrogen and oxygen atoms in total. The summed E-state index contributed by atoms with van der Waals surface area (Å²) in [4.78, 5) is 21.2. The van der Waals surface area contributed by atoms with Crippen LogP contribution in [0.4, 0.5) is 0 Å². The van der Waals surface area contributed by atoms with Crippen molar-refractivity contribution in [1.82, 2.24) is 0 Å². The van der Waals surface area contributed by atoms with E-state index in [2.05, 4.69) is 0 Å². The average Bonchev–Trinajstić information content (AvgIpc) is 2.12. The molecular formula is C12H12O4. The number of aliphatic carboxylic acids is 1. The van der Waals surface area contributed by atoms with Crippen molar-refractivity contribution in [1.29, 1.82) is 0 Å². The number of aryl methyl sites for hydroxylation is 2. The summed E-state index contributed by atoms with van der Waals surface area (Å²) in [5.41, 5.74) is 2.20. The van der Waals surface area contributed by atoms with Crippen LogP contribution in [0.5, 0.6) is 0 Å². The normalized spacial score (nSPS) is 10.6. The van der Waals surface area contributed by atoms with Crippen LogP contribution in [0.15, 0.2) is 18.2 Å². The van der Waals surface area contributed by atoms with Crippen molar-refractivity contribution in [2.75, 3.05) is 0 Å². The van der Waals surface area contributed by atoms with Gasteiger partial charge in [-0.3, -0.25) is 0 Å². The van der Waals surface area contributed by atoms with Gasteiger partial charge in [0.2, 0.25) is 0 Å². The van der Waals surface area contributed by atoms with Crippen molar-refractivity contribution >= 4 is 18.0 Å². The first kappa shape index (κ1) is 12.0. The number of hydrogen-bond acceptors (Lipinski definition) is 2. The standard InChI is InChI=1S/C12H12O4/c1-7-5-9(3-4-10(13)14)6-8(2)11(7)12(15)16/h3-6H,1-2H3,(H,13,14)(H,15,16). The molecule has 16 heavy (non-hydrogen) atoms. The monoisotopic (exact) mass is 220 g/mol. The molecule has 0 aliphatic rings. The summed E-state index contributed by atoms with van der Waals surface area (Å²) >= 11 is 0. The predicted molar refractivity (Wildman–Crippen MR) is 59.5 cm³/mol. The van der Waals surface area contributed by atoms with Crippen LogP contribution in [0.3, 0.4) is 0 Å². The van der Waals surface area contributed by atoms with Crippen LogP contribution in [0.1, 0.15) is 27.0 Å². The van der Waals surface area contributed by atoms with E-state index < -0.39 is 11.9 Å². The van der Waals surface area contributed by atoms with Crippen LogP contribution in [0, 0.1) is 13.8 Å². The van der Waals surface area contributed by atoms with Gasteiger partial charge in [-0.15, -0.1) is 0 Å². The predicted octanol–water partition coefficient (Wildman–Crippen LogP) is 2.10. The van der Waals surface area contributed by atoms with Gasteiger partial charge in [0.25, 0.3) is 0 Å². The molecule has 0 aliphatic heterocycles. The fourth-order valence-corrected chi connectivity index (χ4v) is 1.60. The minimum atomic E-state index is -1.03. The number of rotatable bonds is 3. The van der Waals surface area contributed by atoms with E-state index in [4.69, 9.17) is 10.2 Å². The van der Waals surface area contributed by atoms with Gasteiger partial charge in [-0.2, -0.15) is 0 Å². The molecule has 2 N–H and O–H groups in total. The van der Waals surface area contributed by atoms with Crippen LogP contribution in [0.25, 0.3) is 6.08 Å². The van der Waals surface area contributed by atoms with E-state index in [9.17, 15) is 9.59 Å². The first-order valence-corrected chi connectivity index (χ1v) is 4.67. The van der Waals surface area contributed by atoms with Gasteiger partial charge in [-0.05, 0) is 36.6 Å². The maximum Gasteiger partial charge on any atom is 0.336 e. The van der Waals surface area contributed by atoms with Crippen molar-refractivity contribution in [3.05, 3.63) is 40.5 Å². The van der Waals surface area contributed by atoms with Gasteiger partial charge < -0.3 is 10.2 Å². The first-order chi connectivity index (χ1) is 7.41. The highest BCUT2D eigenvalue weighted by molar-refractivity contribution is 5.92. The van der Waals surface area contributed by atoms with E-state index in [1.807, 2.05) is 0 Å². The molecule has 0 fully saturated rings. The Balaban J connectivity index is 3.20. The van der Waals surface area contributed by atoms with Crippen molar-refractivity contribution < 1.29 is 19.8 Å². The maximum absolute atomic E-state index is 10.9. The molecule has 0 aromatic heterocycles. The highest BCUT2D eigenvalue weighted by Crippen LogP contribution is 2.17. The van der Waals surface area contributed by atoms with E-state index in [1.54, 1.807) is 26.0 Å². The second-order valence-corrected chi connectivity index (χ2v) is 3.51. The molecule has 1 rings (SSSR count). The minimum absolute atomic E-state index is 0.271. The molecule has 0 radical (unpaired) electrons.